The molecule has 14 nitrogen and oxygen atoms in total. The molecular weight excluding hydrogens is 691 g/mol. The maximum atomic E-state index is 13.5. The minimum atomic E-state index is -4.78. The number of hydrogen-bond donors (Lipinski definition) is 5. The average Bonchev–Trinajstić information content (AvgIpc) is 3.15. The fourth-order valence-corrected chi connectivity index (χ4v) is 8.70. The highest BCUT2D eigenvalue weighted by atomic mass is 32.3. The lowest BCUT2D eigenvalue weighted by atomic mass is 9.80. The summed E-state index contributed by atoms with van der Waals surface area (Å²) < 4.78 is 74.6. The number of nitrogens with zero attached hydrogens (tertiary/aromatic N) is 1. The summed E-state index contributed by atoms with van der Waals surface area (Å²) in [7, 11) is -4.82. The van der Waals surface area contributed by atoms with E-state index in [-0.39, 0.29) is 23.7 Å². The number of amides is 2. The first-order chi connectivity index (χ1) is 23.6. The zero-order chi connectivity index (χ0) is 36.2. The molecule has 1 saturated heterocycles. The first kappa shape index (κ1) is 37.6. The monoisotopic (exact) mass is 733 g/mol. The standard InChI is InChI=1S/C34H43N3O11S2/c1-4-22-20-49(41,42)29-14-13-25(37(2)3)16-27(29)30(31(22)38)23-11-8-12-24(15-23)35-34(40)36-33-32(39)28(46-18-21-9-6-5-7-10-21)17-26(48-33)19-47-50(43,44)45/h5-16,22,26,28,30-33,38-39H,4,17-20H2,1-3H3,(H2,35,36,40)(H,43,44,45)/t22-,26-,28-,30+,31-,32+,33+/m0/s1. The predicted octanol–water partition coefficient (Wildman–Crippen LogP) is 3.06. The second-order valence-electron chi connectivity index (χ2n) is 12.7. The third-order valence-electron chi connectivity index (χ3n) is 8.97. The Morgan fingerprint density at radius 1 is 1.02 bits per heavy atom. The van der Waals surface area contributed by atoms with Crippen LogP contribution in [-0.2, 0) is 40.5 Å². The number of nitrogens with one attached hydrogen (secondary N) is 2. The molecule has 3 aromatic carbocycles. The normalized spacial score (nSPS) is 26.3. The van der Waals surface area contributed by atoms with Crippen molar-refractivity contribution in [2.24, 2.45) is 5.92 Å². The summed E-state index contributed by atoms with van der Waals surface area (Å²) in [6.45, 7) is 1.36. The minimum absolute atomic E-state index is 0.000560. The van der Waals surface area contributed by atoms with Gasteiger partial charge in [-0.25, -0.2) is 17.4 Å². The third-order valence-corrected chi connectivity index (χ3v) is 11.3. The van der Waals surface area contributed by atoms with E-state index in [1.54, 1.807) is 42.5 Å². The molecule has 2 aliphatic heterocycles. The molecule has 5 N–H and O–H groups in total. The number of carbonyl (C=O) groups excluding carboxylic acids is 1. The maximum absolute atomic E-state index is 13.5. The van der Waals surface area contributed by atoms with Gasteiger partial charge in [0.2, 0.25) is 0 Å². The van der Waals surface area contributed by atoms with Crippen molar-refractivity contribution < 1.29 is 50.1 Å². The Kier molecular flexibility index (Phi) is 11.8. The summed E-state index contributed by atoms with van der Waals surface area (Å²) in [6.07, 6.45) is -5.23. The van der Waals surface area contributed by atoms with Gasteiger partial charge in [-0.05, 0) is 59.4 Å². The van der Waals surface area contributed by atoms with Crippen molar-refractivity contribution in [3.8, 4) is 0 Å². The lowest BCUT2D eigenvalue weighted by Gasteiger charge is -2.39. The number of hydrogen-bond acceptors (Lipinski definition) is 11. The van der Waals surface area contributed by atoms with E-state index in [0.29, 0.717) is 23.2 Å². The van der Waals surface area contributed by atoms with Gasteiger partial charge in [-0.2, -0.15) is 8.42 Å². The van der Waals surface area contributed by atoms with E-state index in [4.69, 9.17) is 14.0 Å². The molecule has 272 valence electrons. The number of anilines is 2. The van der Waals surface area contributed by atoms with Crippen molar-refractivity contribution in [1.29, 1.82) is 0 Å². The van der Waals surface area contributed by atoms with Gasteiger partial charge in [0.05, 0.1) is 42.2 Å². The van der Waals surface area contributed by atoms with E-state index >= 15 is 0 Å². The Balaban J connectivity index is 1.37. The molecule has 0 spiro atoms. The van der Waals surface area contributed by atoms with Crippen molar-refractivity contribution >= 4 is 37.6 Å². The number of urea groups is 1. The molecule has 2 aliphatic rings. The molecule has 0 bridgehead atoms. The van der Waals surface area contributed by atoms with Gasteiger partial charge in [0.25, 0.3) is 0 Å². The topological polar surface area (TPSA) is 201 Å². The van der Waals surface area contributed by atoms with Crippen LogP contribution in [0.1, 0.15) is 42.4 Å². The molecule has 1 fully saturated rings. The molecule has 16 heteroatoms. The van der Waals surface area contributed by atoms with Gasteiger partial charge < -0.3 is 35.2 Å². The van der Waals surface area contributed by atoms with Crippen molar-refractivity contribution in [1.82, 2.24) is 5.32 Å². The van der Waals surface area contributed by atoms with Crippen LogP contribution in [0.25, 0.3) is 0 Å². The van der Waals surface area contributed by atoms with E-state index in [1.165, 1.54) is 0 Å². The Morgan fingerprint density at radius 2 is 1.76 bits per heavy atom. The van der Waals surface area contributed by atoms with Gasteiger partial charge in [-0.1, -0.05) is 49.4 Å². The highest BCUT2D eigenvalue weighted by molar-refractivity contribution is 7.91. The highest BCUT2D eigenvalue weighted by Gasteiger charge is 2.41. The second-order valence-corrected chi connectivity index (χ2v) is 15.8. The lowest BCUT2D eigenvalue weighted by molar-refractivity contribution is -0.197. The Morgan fingerprint density at radius 3 is 2.44 bits per heavy atom. The zero-order valence-corrected chi connectivity index (χ0v) is 29.5. The summed E-state index contributed by atoms with van der Waals surface area (Å²) in [5.41, 5.74) is 2.93. The molecule has 2 heterocycles. The Labute approximate surface area is 292 Å². The molecule has 50 heavy (non-hydrogen) atoms. The summed E-state index contributed by atoms with van der Waals surface area (Å²) in [6, 6.07) is 20.1. The molecule has 0 radical (unpaired) electrons. The Hall–Kier alpha value is -3.61. The van der Waals surface area contributed by atoms with Crippen LogP contribution in [-0.4, -0.2) is 94.7 Å². The number of benzene rings is 3. The van der Waals surface area contributed by atoms with Gasteiger partial charge in [0.15, 0.2) is 16.1 Å². The molecular formula is C34H43N3O11S2. The quantitative estimate of drug-likeness (QED) is 0.181. The van der Waals surface area contributed by atoms with E-state index in [0.717, 1.165) is 11.3 Å². The summed E-state index contributed by atoms with van der Waals surface area (Å²) in [5.74, 6) is -1.47. The van der Waals surface area contributed by atoms with Crippen molar-refractivity contribution in [2.75, 3.05) is 36.7 Å². The molecule has 7 atom stereocenters. The van der Waals surface area contributed by atoms with Crippen molar-refractivity contribution in [3.05, 3.63) is 89.5 Å². The molecule has 5 rings (SSSR count). The molecule has 3 aromatic rings. The maximum Gasteiger partial charge on any atom is 0.397 e. The van der Waals surface area contributed by atoms with Crippen LogP contribution >= 0.6 is 0 Å². The first-order valence-corrected chi connectivity index (χ1v) is 19.2. The molecule has 0 aliphatic carbocycles. The molecule has 0 saturated carbocycles. The summed E-state index contributed by atoms with van der Waals surface area (Å²) >= 11 is 0. The third kappa shape index (κ3) is 9.18. The lowest BCUT2D eigenvalue weighted by Crippen LogP contribution is -2.58. The van der Waals surface area contributed by atoms with Gasteiger partial charge in [-0.15, -0.1) is 0 Å². The smallest absolute Gasteiger partial charge is 0.392 e. The number of ether oxygens (including phenoxy) is 2. The largest absolute Gasteiger partial charge is 0.397 e. The number of aliphatic hydroxyl groups is 2. The summed E-state index contributed by atoms with van der Waals surface area (Å²) in [4.78, 5) is 15.3. The van der Waals surface area contributed by atoms with Crippen LogP contribution in [0, 0.1) is 5.92 Å². The van der Waals surface area contributed by atoms with Crippen LogP contribution in [0.3, 0.4) is 0 Å². The van der Waals surface area contributed by atoms with E-state index in [1.807, 2.05) is 56.3 Å². The number of fused-ring (bicyclic) bond motifs is 1. The predicted molar refractivity (Wildman–Crippen MR) is 185 cm³/mol. The van der Waals surface area contributed by atoms with Crippen LogP contribution in [0.15, 0.2) is 77.7 Å². The number of carbonyl (C=O) groups is 1. The van der Waals surface area contributed by atoms with Crippen LogP contribution in [0.2, 0.25) is 0 Å². The highest BCUT2D eigenvalue weighted by Crippen LogP contribution is 2.42. The van der Waals surface area contributed by atoms with E-state index < -0.39 is 75.4 Å². The average molecular weight is 734 g/mol. The van der Waals surface area contributed by atoms with Gasteiger partial charge in [-0.3, -0.25) is 4.55 Å². The van der Waals surface area contributed by atoms with Crippen molar-refractivity contribution in [3.63, 3.8) is 0 Å². The molecule has 0 aromatic heterocycles. The van der Waals surface area contributed by atoms with Gasteiger partial charge in [0, 0.05) is 37.8 Å². The molecule has 0 unspecified atom stereocenters. The van der Waals surface area contributed by atoms with Crippen LogP contribution in [0.5, 0.6) is 0 Å². The van der Waals surface area contributed by atoms with Gasteiger partial charge >= 0.3 is 16.4 Å². The van der Waals surface area contributed by atoms with Gasteiger partial charge in [0.1, 0.15) is 6.10 Å². The van der Waals surface area contributed by atoms with Crippen molar-refractivity contribution in [2.45, 2.75) is 67.8 Å². The van der Waals surface area contributed by atoms with Crippen LogP contribution in [0.4, 0.5) is 16.2 Å². The molecule has 2 amide bonds. The number of sulfone groups is 1. The fourth-order valence-electron chi connectivity index (χ4n) is 6.38. The number of rotatable bonds is 11. The Bertz CT molecular complexity index is 1860. The van der Waals surface area contributed by atoms with Crippen LogP contribution < -0.4 is 15.5 Å². The second kappa shape index (κ2) is 15.7. The first-order valence-electron chi connectivity index (χ1n) is 16.2. The summed E-state index contributed by atoms with van der Waals surface area (Å²) in [5, 5.41) is 28.0. The zero-order valence-electron chi connectivity index (χ0n) is 27.9. The van der Waals surface area contributed by atoms with E-state index in [2.05, 4.69) is 14.8 Å². The number of aliphatic hydroxyl groups excluding tert-OH is 2. The SMILES string of the molecule is CC[C@H]1CS(=O)(=O)c2ccc(N(C)C)cc2[C@@H](c2cccc(NC(=O)N[C@@H]3O[C@H](COS(=O)(=O)O)C[C@H](OCc4ccccc4)[C@H]3O)c2)[C@H]1O. The minimum Gasteiger partial charge on any atom is -0.392 e. The van der Waals surface area contributed by atoms with E-state index in [9.17, 15) is 31.8 Å². The fraction of sp³-hybridized carbons (Fsp3) is 0.441.